The molecule has 28 heavy (non-hydrogen) atoms. The SMILES string of the molecule is C=C1C(CSc2nnnn2C)=C(C(=O)OC)N2C(=O)[C@@H](NC(=O)CCl)[C@H]2S1=O. The lowest BCUT2D eigenvalue weighted by atomic mass is 10.0. The fourth-order valence-corrected chi connectivity index (χ4v) is 5.36. The number of nitrogens with zero attached hydrogens (tertiary/aromatic N) is 5. The molecule has 0 bridgehead atoms. The number of rotatable bonds is 6. The molecule has 3 heterocycles. The van der Waals surface area contributed by atoms with Crippen LogP contribution in [0, 0.1) is 0 Å². The highest BCUT2D eigenvalue weighted by Gasteiger charge is 2.58. The van der Waals surface area contributed by atoms with Gasteiger partial charge in [0.25, 0.3) is 5.91 Å². The number of hydrogen-bond donors (Lipinski definition) is 1. The molecule has 1 N–H and O–H groups in total. The second kappa shape index (κ2) is 8.01. The first-order valence-corrected chi connectivity index (χ1v) is 10.5. The Morgan fingerprint density at radius 1 is 1.46 bits per heavy atom. The number of methoxy groups -OCH3 is 1. The number of β-lactam (4-membered cyclic amide) rings is 1. The van der Waals surface area contributed by atoms with E-state index in [0.717, 1.165) is 4.90 Å². The van der Waals surface area contributed by atoms with E-state index in [0.29, 0.717) is 10.7 Å². The zero-order valence-corrected chi connectivity index (χ0v) is 17.1. The maximum absolute atomic E-state index is 12.9. The van der Waals surface area contributed by atoms with Gasteiger partial charge in [-0.15, -0.1) is 16.7 Å². The molecule has 1 fully saturated rings. The Morgan fingerprint density at radius 3 is 2.75 bits per heavy atom. The molecule has 150 valence electrons. The van der Waals surface area contributed by atoms with Crippen molar-refractivity contribution in [1.29, 1.82) is 0 Å². The van der Waals surface area contributed by atoms with Crippen molar-refractivity contribution in [1.82, 2.24) is 30.4 Å². The highest BCUT2D eigenvalue weighted by Crippen LogP contribution is 2.41. The lowest BCUT2D eigenvalue weighted by Crippen LogP contribution is -2.73. The van der Waals surface area contributed by atoms with Crippen LogP contribution >= 0.6 is 23.4 Å². The van der Waals surface area contributed by atoms with Crippen LogP contribution in [0.5, 0.6) is 0 Å². The molecule has 1 unspecified atom stereocenters. The van der Waals surface area contributed by atoms with Gasteiger partial charge in [0.2, 0.25) is 11.1 Å². The minimum Gasteiger partial charge on any atom is -0.464 e. The van der Waals surface area contributed by atoms with Gasteiger partial charge in [-0.05, 0) is 10.4 Å². The van der Waals surface area contributed by atoms with Crippen LogP contribution in [0.25, 0.3) is 0 Å². The van der Waals surface area contributed by atoms with Crippen molar-refractivity contribution >= 4 is 51.9 Å². The molecule has 0 saturated carbocycles. The number of aryl methyl sites for hydroxylation is 1. The number of carbonyl (C=O) groups is 3. The van der Waals surface area contributed by atoms with Crippen LogP contribution in [-0.2, 0) is 37.0 Å². The van der Waals surface area contributed by atoms with Crippen molar-refractivity contribution in [3.63, 3.8) is 0 Å². The van der Waals surface area contributed by atoms with Gasteiger partial charge in [0, 0.05) is 23.3 Å². The molecule has 2 amide bonds. The van der Waals surface area contributed by atoms with E-state index in [1.54, 1.807) is 7.05 Å². The van der Waals surface area contributed by atoms with E-state index in [2.05, 4.69) is 27.4 Å². The number of carbonyl (C=O) groups excluding carboxylic acids is 3. The van der Waals surface area contributed by atoms with E-state index in [1.165, 1.54) is 23.6 Å². The first kappa shape index (κ1) is 20.5. The van der Waals surface area contributed by atoms with E-state index in [9.17, 15) is 18.6 Å². The Kier molecular flexibility index (Phi) is 5.86. The number of fused-ring (bicyclic) bond motifs is 1. The Labute approximate surface area is 170 Å². The van der Waals surface area contributed by atoms with Gasteiger partial charge in [-0.25, -0.2) is 9.48 Å². The van der Waals surface area contributed by atoms with Crippen molar-refractivity contribution in [2.45, 2.75) is 16.6 Å². The third-order valence-electron chi connectivity index (χ3n) is 4.11. The van der Waals surface area contributed by atoms with Gasteiger partial charge in [0.15, 0.2) is 0 Å². The Morgan fingerprint density at radius 2 is 2.18 bits per heavy atom. The van der Waals surface area contributed by atoms with Gasteiger partial charge in [0.1, 0.15) is 23.0 Å². The third-order valence-corrected chi connectivity index (χ3v) is 7.05. The van der Waals surface area contributed by atoms with E-state index in [1.807, 2.05) is 0 Å². The highest BCUT2D eigenvalue weighted by molar-refractivity contribution is 7.99. The lowest BCUT2D eigenvalue weighted by Gasteiger charge is -2.49. The first-order valence-electron chi connectivity index (χ1n) is 7.76. The molecule has 3 rings (SSSR count). The van der Waals surface area contributed by atoms with Crippen molar-refractivity contribution in [3.8, 4) is 0 Å². The maximum Gasteiger partial charge on any atom is 0.355 e. The van der Waals surface area contributed by atoms with Crippen LogP contribution in [0.1, 0.15) is 0 Å². The molecule has 11 nitrogen and oxygen atoms in total. The van der Waals surface area contributed by atoms with Gasteiger partial charge in [-0.1, -0.05) is 18.3 Å². The Balaban J connectivity index is 1.95. The number of tetrazole rings is 1. The number of hydrogen-bond acceptors (Lipinski definition) is 9. The summed E-state index contributed by atoms with van der Waals surface area (Å²) in [5, 5.41) is 13.0. The second-order valence-corrected chi connectivity index (χ2v) is 8.47. The second-order valence-electron chi connectivity index (χ2n) is 5.69. The summed E-state index contributed by atoms with van der Waals surface area (Å²) in [4.78, 5) is 37.8. The fourth-order valence-electron chi connectivity index (χ4n) is 2.76. The quantitative estimate of drug-likeness (QED) is 0.250. The molecule has 14 heteroatoms. The highest BCUT2D eigenvalue weighted by atomic mass is 35.5. The molecular formula is C14H15ClN6O5S2. The predicted molar refractivity (Wildman–Crippen MR) is 99.1 cm³/mol. The number of ether oxygens (including phenoxy) is 1. The molecule has 1 saturated heterocycles. The summed E-state index contributed by atoms with van der Waals surface area (Å²) < 4.78 is 19.1. The summed E-state index contributed by atoms with van der Waals surface area (Å²) >= 11 is 6.64. The summed E-state index contributed by atoms with van der Waals surface area (Å²) in [5.74, 6) is -2.14. The summed E-state index contributed by atoms with van der Waals surface area (Å²) in [6, 6.07) is -1.05. The molecule has 1 aromatic heterocycles. The summed E-state index contributed by atoms with van der Waals surface area (Å²) in [7, 11) is 1.07. The third kappa shape index (κ3) is 3.33. The molecule has 3 atom stereocenters. The minimum atomic E-state index is -1.75. The van der Waals surface area contributed by atoms with Gasteiger partial charge >= 0.3 is 5.97 Å². The number of esters is 1. The average molecular weight is 447 g/mol. The molecule has 0 aliphatic carbocycles. The largest absolute Gasteiger partial charge is 0.464 e. The summed E-state index contributed by atoms with van der Waals surface area (Å²) in [5.41, 5.74) is 0.242. The van der Waals surface area contributed by atoms with E-state index in [4.69, 9.17) is 16.3 Å². The number of alkyl halides is 1. The van der Waals surface area contributed by atoms with E-state index < -0.39 is 40.0 Å². The van der Waals surface area contributed by atoms with Crippen LogP contribution in [0.4, 0.5) is 0 Å². The number of aromatic nitrogens is 4. The monoisotopic (exact) mass is 446 g/mol. The fraction of sp³-hybridized carbons (Fsp3) is 0.429. The van der Waals surface area contributed by atoms with Gasteiger partial charge in [-0.2, -0.15) is 0 Å². The predicted octanol–water partition coefficient (Wildman–Crippen LogP) is -1.10. The number of allylic oxidation sites excluding steroid dienone is 1. The van der Waals surface area contributed by atoms with Crippen LogP contribution < -0.4 is 5.32 Å². The van der Waals surface area contributed by atoms with Crippen LogP contribution in [0.15, 0.2) is 27.9 Å². The normalized spacial score (nSPS) is 24.0. The summed E-state index contributed by atoms with van der Waals surface area (Å²) in [6.45, 7) is 3.83. The smallest absolute Gasteiger partial charge is 0.355 e. The van der Waals surface area contributed by atoms with Gasteiger partial charge in [-0.3, -0.25) is 18.7 Å². The lowest BCUT2D eigenvalue weighted by molar-refractivity contribution is -0.151. The van der Waals surface area contributed by atoms with Crippen molar-refractivity contribution in [2.75, 3.05) is 18.7 Å². The van der Waals surface area contributed by atoms with Crippen molar-refractivity contribution in [3.05, 3.63) is 22.8 Å². The van der Waals surface area contributed by atoms with Gasteiger partial charge < -0.3 is 10.1 Å². The number of nitrogens with one attached hydrogen (secondary N) is 1. The minimum absolute atomic E-state index is 0.0545. The molecule has 0 radical (unpaired) electrons. The number of amides is 2. The Hall–Kier alpha value is -2.25. The molecule has 0 spiro atoms. The number of thioether (sulfide) groups is 1. The standard InChI is InChI=1S/C14H15ClN6O5S2/c1-6-7(5-27-14-17-18-19-20(14)2)10(13(24)26-3)21-11(23)9(12(21)28(6)25)16-8(22)4-15/h9,12H,1,4-5H2,2-3H3,(H,16,22)/t9-,12-,28?/m1/s1. The van der Waals surface area contributed by atoms with E-state index in [-0.39, 0.29) is 22.2 Å². The molecular weight excluding hydrogens is 432 g/mol. The zero-order valence-electron chi connectivity index (χ0n) is 14.7. The van der Waals surface area contributed by atoms with Crippen LogP contribution in [0.2, 0.25) is 0 Å². The van der Waals surface area contributed by atoms with Crippen LogP contribution in [0.3, 0.4) is 0 Å². The molecule has 2 aliphatic rings. The van der Waals surface area contributed by atoms with E-state index >= 15 is 0 Å². The maximum atomic E-state index is 12.9. The summed E-state index contributed by atoms with van der Waals surface area (Å²) in [6.07, 6.45) is 0. The van der Waals surface area contributed by atoms with Crippen molar-refractivity contribution in [2.24, 2.45) is 7.05 Å². The van der Waals surface area contributed by atoms with Crippen LogP contribution in [-0.4, -0.2) is 77.3 Å². The zero-order chi connectivity index (χ0) is 20.6. The molecule has 2 aliphatic heterocycles. The molecule has 1 aromatic rings. The Bertz CT molecular complexity index is 931. The van der Waals surface area contributed by atoms with Crippen molar-refractivity contribution < 1.29 is 23.3 Å². The topological polar surface area (TPSA) is 136 Å². The average Bonchev–Trinajstić information content (AvgIpc) is 3.10. The first-order chi connectivity index (χ1) is 13.3. The molecule has 0 aromatic carbocycles. The number of halogens is 1. The van der Waals surface area contributed by atoms with Gasteiger partial charge in [0.05, 0.1) is 17.9 Å².